The van der Waals surface area contributed by atoms with Crippen molar-refractivity contribution < 1.29 is 9.52 Å². The molecular weight excluding hydrogens is 172 g/mol. The highest BCUT2D eigenvalue weighted by Gasteiger charge is 2.11. The lowest BCUT2D eigenvalue weighted by molar-refractivity contribution is 0.298. The molecule has 0 bridgehead atoms. The van der Waals surface area contributed by atoms with Crippen LogP contribution < -0.4 is 10.6 Å². The molecule has 0 saturated carbocycles. The molecule has 1 aromatic rings. The van der Waals surface area contributed by atoms with Crippen molar-refractivity contribution in [3.8, 4) is 0 Å². The molecule has 0 aromatic carbocycles. The van der Waals surface area contributed by atoms with Gasteiger partial charge in [-0.25, -0.2) is 0 Å². The number of hydrogen-bond acceptors (Lipinski definition) is 6. The van der Waals surface area contributed by atoms with Gasteiger partial charge >= 0.3 is 12.0 Å². The molecule has 0 aliphatic heterocycles. The summed E-state index contributed by atoms with van der Waals surface area (Å²) in [5.74, 6) is 0. The summed E-state index contributed by atoms with van der Waals surface area (Å²) in [5, 5.41) is 16.0. The van der Waals surface area contributed by atoms with Gasteiger partial charge in [-0.3, -0.25) is 0 Å². The van der Waals surface area contributed by atoms with E-state index in [1.165, 1.54) is 0 Å². The highest BCUT2D eigenvalue weighted by atomic mass is 16.4. The lowest BCUT2D eigenvalue weighted by Gasteiger charge is -2.17. The maximum Gasteiger partial charge on any atom is 0.319 e. The number of rotatable bonds is 5. The van der Waals surface area contributed by atoms with Gasteiger partial charge in [-0.1, -0.05) is 17.1 Å². The number of aromatic nitrogens is 2. The average molecular weight is 186 g/mol. The molecule has 0 amide bonds. The van der Waals surface area contributed by atoms with Gasteiger partial charge in [-0.05, 0) is 6.42 Å². The zero-order valence-electron chi connectivity index (χ0n) is 7.60. The summed E-state index contributed by atoms with van der Waals surface area (Å²) in [6.45, 7) is 3.34. The van der Waals surface area contributed by atoms with Gasteiger partial charge < -0.3 is 20.2 Å². The summed E-state index contributed by atoms with van der Waals surface area (Å²) >= 11 is 0. The molecule has 0 aliphatic rings. The molecule has 0 radical (unpaired) electrons. The Kier molecular flexibility index (Phi) is 3.51. The Hall–Kier alpha value is -1.30. The third-order valence-electron chi connectivity index (χ3n) is 1.56. The molecular formula is C7H14N4O2. The molecule has 3 N–H and O–H groups in total. The molecule has 0 spiro atoms. The van der Waals surface area contributed by atoms with Crippen LogP contribution in [-0.2, 0) is 0 Å². The monoisotopic (exact) mass is 186 g/mol. The fourth-order valence-electron chi connectivity index (χ4n) is 1.05. The molecule has 6 nitrogen and oxygen atoms in total. The van der Waals surface area contributed by atoms with Gasteiger partial charge in [0.25, 0.3) is 0 Å². The molecule has 0 atom stereocenters. The van der Waals surface area contributed by atoms with E-state index in [1.807, 2.05) is 6.92 Å². The Balaban J connectivity index is 2.63. The second kappa shape index (κ2) is 4.66. The van der Waals surface area contributed by atoms with Gasteiger partial charge in [0.05, 0.1) is 6.61 Å². The van der Waals surface area contributed by atoms with E-state index in [1.54, 1.807) is 4.90 Å². The number of anilines is 2. The first-order valence-corrected chi connectivity index (χ1v) is 4.22. The Morgan fingerprint density at radius 1 is 1.46 bits per heavy atom. The predicted molar refractivity (Wildman–Crippen MR) is 48.3 cm³/mol. The first-order valence-electron chi connectivity index (χ1n) is 4.22. The molecule has 1 aromatic heterocycles. The summed E-state index contributed by atoms with van der Waals surface area (Å²) in [7, 11) is 0. The Bertz CT molecular complexity index is 244. The third-order valence-corrected chi connectivity index (χ3v) is 1.56. The average Bonchev–Trinajstić information content (AvgIpc) is 2.51. The van der Waals surface area contributed by atoms with Crippen LogP contribution in [0.2, 0.25) is 0 Å². The molecule has 0 unspecified atom stereocenters. The molecule has 74 valence electrons. The van der Waals surface area contributed by atoms with Crippen molar-refractivity contribution in [1.82, 2.24) is 10.2 Å². The first-order chi connectivity index (χ1) is 6.27. The van der Waals surface area contributed by atoms with Crippen molar-refractivity contribution in [3.63, 3.8) is 0 Å². The van der Waals surface area contributed by atoms with E-state index in [2.05, 4.69) is 10.2 Å². The molecule has 6 heteroatoms. The Morgan fingerprint density at radius 3 is 2.69 bits per heavy atom. The fourth-order valence-corrected chi connectivity index (χ4v) is 1.05. The van der Waals surface area contributed by atoms with Crippen LogP contribution in [0.4, 0.5) is 12.0 Å². The van der Waals surface area contributed by atoms with Crippen LogP contribution in [0.1, 0.15) is 13.3 Å². The number of hydrogen-bond donors (Lipinski definition) is 2. The standard InChI is InChI=1S/C7H14N4O2/c1-2-3-11(4-5-12)7-10-9-6(8)13-7/h12H,2-5H2,1H3,(H2,8,9). The minimum atomic E-state index is 0.0500. The van der Waals surface area contributed by atoms with Crippen LogP contribution in [0, 0.1) is 0 Å². The van der Waals surface area contributed by atoms with Gasteiger partial charge in [-0.2, -0.15) is 0 Å². The summed E-state index contributed by atoms with van der Waals surface area (Å²) < 4.78 is 5.02. The van der Waals surface area contributed by atoms with Gasteiger partial charge in [0.1, 0.15) is 0 Å². The van der Waals surface area contributed by atoms with Crippen LogP contribution in [-0.4, -0.2) is 35.0 Å². The van der Waals surface area contributed by atoms with Crippen molar-refractivity contribution in [2.45, 2.75) is 13.3 Å². The third kappa shape index (κ3) is 2.59. The Morgan fingerprint density at radius 2 is 2.23 bits per heavy atom. The minimum Gasteiger partial charge on any atom is -0.395 e. The van der Waals surface area contributed by atoms with E-state index >= 15 is 0 Å². The zero-order valence-corrected chi connectivity index (χ0v) is 7.60. The largest absolute Gasteiger partial charge is 0.395 e. The van der Waals surface area contributed by atoms with E-state index in [9.17, 15) is 0 Å². The van der Waals surface area contributed by atoms with Gasteiger partial charge in [-0.15, -0.1) is 0 Å². The SMILES string of the molecule is CCCN(CCO)c1nnc(N)o1. The van der Waals surface area contributed by atoms with Crippen molar-refractivity contribution in [2.24, 2.45) is 0 Å². The lowest BCUT2D eigenvalue weighted by Crippen LogP contribution is -2.27. The van der Waals surface area contributed by atoms with Crippen molar-refractivity contribution in [2.75, 3.05) is 30.3 Å². The van der Waals surface area contributed by atoms with Gasteiger partial charge in [0.15, 0.2) is 0 Å². The van der Waals surface area contributed by atoms with E-state index in [0.29, 0.717) is 12.6 Å². The summed E-state index contributed by atoms with van der Waals surface area (Å²) in [5.41, 5.74) is 5.28. The number of nitrogens with two attached hydrogens (primary N) is 1. The van der Waals surface area contributed by atoms with E-state index in [4.69, 9.17) is 15.3 Å². The molecule has 13 heavy (non-hydrogen) atoms. The predicted octanol–water partition coefficient (Wildman–Crippen LogP) is -0.140. The maximum atomic E-state index is 8.77. The number of nitrogen functional groups attached to an aromatic ring is 1. The van der Waals surface area contributed by atoms with Crippen LogP contribution in [0.5, 0.6) is 0 Å². The van der Waals surface area contributed by atoms with Crippen molar-refractivity contribution >= 4 is 12.0 Å². The second-order valence-electron chi connectivity index (χ2n) is 2.63. The normalized spacial score (nSPS) is 10.3. The molecule has 0 saturated heterocycles. The van der Waals surface area contributed by atoms with Crippen LogP contribution in [0.15, 0.2) is 4.42 Å². The van der Waals surface area contributed by atoms with Crippen LogP contribution >= 0.6 is 0 Å². The number of aliphatic hydroxyl groups excluding tert-OH is 1. The summed E-state index contributed by atoms with van der Waals surface area (Å²) in [6.07, 6.45) is 0.947. The van der Waals surface area contributed by atoms with Gasteiger partial charge in [0.2, 0.25) is 0 Å². The van der Waals surface area contributed by atoms with Crippen LogP contribution in [0.3, 0.4) is 0 Å². The quantitative estimate of drug-likeness (QED) is 0.665. The summed E-state index contributed by atoms with van der Waals surface area (Å²) in [4.78, 5) is 1.80. The zero-order chi connectivity index (χ0) is 9.68. The van der Waals surface area contributed by atoms with Crippen molar-refractivity contribution in [3.05, 3.63) is 0 Å². The fraction of sp³-hybridized carbons (Fsp3) is 0.714. The highest BCUT2D eigenvalue weighted by Crippen LogP contribution is 2.12. The molecule has 1 heterocycles. The Labute approximate surface area is 76.4 Å². The van der Waals surface area contributed by atoms with E-state index < -0.39 is 0 Å². The van der Waals surface area contributed by atoms with E-state index in [-0.39, 0.29) is 12.6 Å². The highest BCUT2D eigenvalue weighted by molar-refractivity contribution is 5.27. The van der Waals surface area contributed by atoms with Crippen LogP contribution in [0.25, 0.3) is 0 Å². The molecule has 0 fully saturated rings. The maximum absolute atomic E-state index is 8.77. The smallest absolute Gasteiger partial charge is 0.319 e. The molecule has 1 rings (SSSR count). The van der Waals surface area contributed by atoms with E-state index in [0.717, 1.165) is 13.0 Å². The summed E-state index contributed by atoms with van der Waals surface area (Å²) in [6, 6.07) is 0.419. The topological polar surface area (TPSA) is 88.4 Å². The number of nitrogens with zero attached hydrogens (tertiary/aromatic N) is 3. The lowest BCUT2D eigenvalue weighted by atomic mass is 10.4. The van der Waals surface area contributed by atoms with Gasteiger partial charge in [0, 0.05) is 13.1 Å². The first kappa shape index (κ1) is 9.79. The number of aliphatic hydroxyl groups is 1. The second-order valence-corrected chi connectivity index (χ2v) is 2.63. The molecule has 0 aliphatic carbocycles. The minimum absolute atomic E-state index is 0.0500. The van der Waals surface area contributed by atoms with Crippen molar-refractivity contribution in [1.29, 1.82) is 0 Å².